The van der Waals surface area contributed by atoms with Crippen LogP contribution in [0.4, 0.5) is 5.69 Å². The molecule has 2 aromatic rings. The second-order valence-electron chi connectivity index (χ2n) is 5.69. The van der Waals surface area contributed by atoms with Gasteiger partial charge in [0.2, 0.25) is 20.0 Å². The SMILES string of the molecule is CS(=O)(=O)N(c1cc2c(cc1Sc1ccc(Cl)cn1)C(=O)OC2)S(C)(=O)=O. The summed E-state index contributed by atoms with van der Waals surface area (Å²) in [6, 6.07) is 5.92. The smallest absolute Gasteiger partial charge is 0.338 e. The van der Waals surface area contributed by atoms with E-state index in [-0.39, 0.29) is 22.8 Å². The standard InChI is InChI=1S/C15H13ClN2O6S3/c1-26(20,21)18(27(2,22)23)12-5-9-8-24-15(19)11(9)6-13(12)25-14-4-3-10(16)7-17-14/h3-7H,8H2,1-2H3. The fraction of sp³-hybridized carbons (Fsp3) is 0.200. The lowest BCUT2D eigenvalue weighted by Crippen LogP contribution is -2.35. The number of nitrogens with zero attached hydrogens (tertiary/aromatic N) is 2. The van der Waals surface area contributed by atoms with Crippen LogP contribution in [0.3, 0.4) is 0 Å². The third-order valence-corrected chi connectivity index (χ3v) is 7.92. The van der Waals surface area contributed by atoms with E-state index in [4.69, 9.17) is 16.3 Å². The summed E-state index contributed by atoms with van der Waals surface area (Å²) < 4.78 is 54.1. The second kappa shape index (κ2) is 6.97. The van der Waals surface area contributed by atoms with E-state index in [1.54, 1.807) is 12.1 Å². The fourth-order valence-corrected chi connectivity index (χ4v) is 6.62. The minimum atomic E-state index is -4.16. The van der Waals surface area contributed by atoms with Crippen LogP contribution in [0.5, 0.6) is 0 Å². The van der Waals surface area contributed by atoms with Crippen LogP contribution in [0.2, 0.25) is 5.02 Å². The molecular formula is C15H13ClN2O6S3. The molecule has 12 heteroatoms. The monoisotopic (exact) mass is 448 g/mol. The molecule has 0 spiro atoms. The van der Waals surface area contributed by atoms with Crippen molar-refractivity contribution >= 4 is 55.1 Å². The van der Waals surface area contributed by atoms with Crippen molar-refractivity contribution in [2.24, 2.45) is 0 Å². The first-order valence-electron chi connectivity index (χ1n) is 7.31. The predicted molar refractivity (Wildman–Crippen MR) is 101 cm³/mol. The lowest BCUT2D eigenvalue weighted by molar-refractivity contribution is 0.0535. The van der Waals surface area contributed by atoms with Crippen LogP contribution in [0.15, 0.2) is 40.4 Å². The van der Waals surface area contributed by atoms with Gasteiger partial charge in [0.1, 0.15) is 11.6 Å². The molecule has 0 radical (unpaired) electrons. The molecule has 0 amide bonds. The van der Waals surface area contributed by atoms with Crippen molar-refractivity contribution in [1.82, 2.24) is 4.98 Å². The van der Waals surface area contributed by atoms with Crippen LogP contribution in [-0.2, 0) is 31.4 Å². The minimum Gasteiger partial charge on any atom is -0.457 e. The zero-order valence-corrected chi connectivity index (χ0v) is 17.2. The van der Waals surface area contributed by atoms with Gasteiger partial charge in [-0.25, -0.2) is 26.6 Å². The van der Waals surface area contributed by atoms with Crippen molar-refractivity contribution < 1.29 is 26.4 Å². The summed E-state index contributed by atoms with van der Waals surface area (Å²) in [5.74, 6) is -0.562. The van der Waals surface area contributed by atoms with E-state index in [1.165, 1.54) is 18.3 Å². The number of carbonyl (C=O) groups is 1. The molecule has 8 nitrogen and oxygen atoms in total. The van der Waals surface area contributed by atoms with Crippen molar-refractivity contribution in [3.63, 3.8) is 0 Å². The lowest BCUT2D eigenvalue weighted by Gasteiger charge is -2.22. The number of cyclic esters (lactones) is 1. The van der Waals surface area contributed by atoms with Gasteiger partial charge in [-0.3, -0.25) is 0 Å². The van der Waals surface area contributed by atoms with E-state index >= 15 is 0 Å². The molecule has 27 heavy (non-hydrogen) atoms. The Balaban J connectivity index is 2.22. The molecule has 2 heterocycles. The van der Waals surface area contributed by atoms with Gasteiger partial charge in [-0.15, -0.1) is 0 Å². The van der Waals surface area contributed by atoms with Gasteiger partial charge in [-0.2, -0.15) is 3.71 Å². The van der Waals surface area contributed by atoms with E-state index in [2.05, 4.69) is 4.98 Å². The second-order valence-corrected chi connectivity index (χ2v) is 11.1. The van der Waals surface area contributed by atoms with Crippen molar-refractivity contribution in [1.29, 1.82) is 0 Å². The average Bonchev–Trinajstić information content (AvgIpc) is 2.88. The first-order chi connectivity index (χ1) is 12.5. The van der Waals surface area contributed by atoms with Crippen LogP contribution >= 0.6 is 23.4 Å². The Morgan fingerprint density at radius 1 is 1.15 bits per heavy atom. The fourth-order valence-electron chi connectivity index (χ4n) is 2.51. The summed E-state index contributed by atoms with van der Waals surface area (Å²) in [5, 5.41) is 0.847. The van der Waals surface area contributed by atoms with Crippen molar-refractivity contribution in [2.75, 3.05) is 16.2 Å². The Morgan fingerprint density at radius 3 is 2.37 bits per heavy atom. The number of carbonyl (C=O) groups excluding carboxylic acids is 1. The number of sulfonamides is 2. The maximum absolute atomic E-state index is 12.2. The molecular weight excluding hydrogens is 436 g/mol. The van der Waals surface area contributed by atoms with Crippen LogP contribution in [0.1, 0.15) is 15.9 Å². The Labute approximate surface area is 165 Å². The van der Waals surface area contributed by atoms with Gasteiger partial charge in [-0.1, -0.05) is 23.4 Å². The molecule has 0 aliphatic carbocycles. The third kappa shape index (κ3) is 4.21. The van der Waals surface area contributed by atoms with E-state index in [0.29, 0.717) is 19.3 Å². The number of rotatable bonds is 5. The van der Waals surface area contributed by atoms with Crippen LogP contribution in [0, 0.1) is 0 Å². The summed E-state index contributed by atoms with van der Waals surface area (Å²) in [5.41, 5.74) is 0.552. The Bertz CT molecular complexity index is 1100. The summed E-state index contributed by atoms with van der Waals surface area (Å²) in [7, 11) is -8.33. The van der Waals surface area contributed by atoms with Crippen molar-refractivity contribution in [3.8, 4) is 0 Å². The van der Waals surface area contributed by atoms with Gasteiger partial charge >= 0.3 is 5.97 Å². The van der Waals surface area contributed by atoms with E-state index in [0.717, 1.165) is 24.3 Å². The van der Waals surface area contributed by atoms with Crippen molar-refractivity contribution in [2.45, 2.75) is 16.5 Å². The zero-order valence-electron chi connectivity index (χ0n) is 14.0. The predicted octanol–water partition coefficient (Wildman–Crippen LogP) is 2.28. The Hall–Kier alpha value is -1.82. The number of pyridine rings is 1. The number of ether oxygens (including phenoxy) is 1. The molecule has 0 bridgehead atoms. The summed E-state index contributed by atoms with van der Waals surface area (Å²) in [6.07, 6.45) is 2.98. The zero-order chi connectivity index (χ0) is 20.0. The number of hydrogen-bond donors (Lipinski definition) is 0. The number of aromatic nitrogens is 1. The maximum atomic E-state index is 12.2. The van der Waals surface area contributed by atoms with Crippen molar-refractivity contribution in [3.05, 3.63) is 46.6 Å². The molecule has 0 fully saturated rings. The molecule has 1 aliphatic heterocycles. The molecule has 0 saturated carbocycles. The Kier molecular flexibility index (Phi) is 5.14. The van der Waals surface area contributed by atoms with Crippen LogP contribution in [0.25, 0.3) is 0 Å². The van der Waals surface area contributed by atoms with Gasteiger partial charge < -0.3 is 4.74 Å². The highest BCUT2D eigenvalue weighted by Gasteiger charge is 2.33. The molecule has 1 aliphatic rings. The minimum absolute atomic E-state index is 0.0628. The normalized spacial score (nSPS) is 14.0. The highest BCUT2D eigenvalue weighted by atomic mass is 35.5. The van der Waals surface area contributed by atoms with E-state index in [9.17, 15) is 21.6 Å². The molecule has 0 saturated heterocycles. The van der Waals surface area contributed by atoms with Gasteiger partial charge in [0, 0.05) is 16.7 Å². The van der Waals surface area contributed by atoms with Crippen LogP contribution < -0.4 is 3.71 Å². The third-order valence-electron chi connectivity index (χ3n) is 3.48. The number of halogens is 1. The van der Waals surface area contributed by atoms with Crippen LogP contribution in [-0.4, -0.2) is 40.3 Å². The highest BCUT2D eigenvalue weighted by molar-refractivity contribution is 8.09. The summed E-state index contributed by atoms with van der Waals surface area (Å²) in [6.45, 7) is -0.0628. The first kappa shape index (κ1) is 19.9. The van der Waals surface area contributed by atoms with Gasteiger partial charge in [0.15, 0.2) is 0 Å². The quantitative estimate of drug-likeness (QED) is 0.640. The maximum Gasteiger partial charge on any atom is 0.338 e. The number of hydrogen-bond acceptors (Lipinski definition) is 8. The first-order valence-corrected chi connectivity index (χ1v) is 12.2. The molecule has 0 N–H and O–H groups in total. The van der Waals surface area contributed by atoms with Gasteiger partial charge in [0.05, 0.1) is 28.8 Å². The van der Waals surface area contributed by atoms with Gasteiger partial charge in [0.25, 0.3) is 0 Å². The van der Waals surface area contributed by atoms with Gasteiger partial charge in [-0.05, 0) is 24.3 Å². The average molecular weight is 449 g/mol. The number of fused-ring (bicyclic) bond motifs is 1. The topological polar surface area (TPSA) is 111 Å². The Morgan fingerprint density at radius 2 is 1.81 bits per heavy atom. The summed E-state index contributed by atoms with van der Waals surface area (Å²) >= 11 is 6.82. The van der Waals surface area contributed by atoms with E-state index < -0.39 is 26.0 Å². The number of esters is 1. The molecule has 0 unspecified atom stereocenters. The molecule has 144 valence electrons. The number of benzene rings is 1. The van der Waals surface area contributed by atoms with E-state index in [1.807, 2.05) is 0 Å². The molecule has 3 rings (SSSR count). The molecule has 1 aromatic heterocycles. The molecule has 1 aromatic carbocycles. The summed E-state index contributed by atoms with van der Waals surface area (Å²) in [4.78, 5) is 16.2. The number of anilines is 1. The highest BCUT2D eigenvalue weighted by Crippen LogP contribution is 2.40. The lowest BCUT2D eigenvalue weighted by atomic mass is 10.1. The largest absolute Gasteiger partial charge is 0.457 e. The molecule has 0 atom stereocenters.